The number of aryl methyl sites for hydroxylation is 1. The highest BCUT2D eigenvalue weighted by atomic mass is 32.2. The summed E-state index contributed by atoms with van der Waals surface area (Å²) in [4.78, 5) is 38.3. The zero-order valence-corrected chi connectivity index (χ0v) is 12.3. The van der Waals surface area contributed by atoms with E-state index in [1.54, 1.807) is 0 Å². The van der Waals surface area contributed by atoms with Gasteiger partial charge in [0.25, 0.3) is 5.56 Å². The maximum Gasteiger partial charge on any atom is 0.325 e. The predicted octanol–water partition coefficient (Wildman–Crippen LogP) is 1.24. The van der Waals surface area contributed by atoms with E-state index in [9.17, 15) is 14.4 Å². The van der Waals surface area contributed by atoms with Gasteiger partial charge in [-0.05, 0) is 12.5 Å². The van der Waals surface area contributed by atoms with Crippen LogP contribution in [0, 0.1) is 6.92 Å². The smallest absolute Gasteiger partial charge is 0.320 e. The first-order valence-corrected chi connectivity index (χ1v) is 7.45. The fraction of sp³-hybridized carbons (Fsp3) is 0.214. The van der Waals surface area contributed by atoms with Gasteiger partial charge >= 0.3 is 5.69 Å². The van der Waals surface area contributed by atoms with Crippen LogP contribution in [0.25, 0.3) is 0 Å². The highest BCUT2D eigenvalue weighted by Gasteiger charge is 2.06. The molecule has 0 saturated carbocycles. The molecular formula is C14H15N3O3S. The van der Waals surface area contributed by atoms with Crippen molar-refractivity contribution in [1.29, 1.82) is 0 Å². The lowest BCUT2D eigenvalue weighted by atomic mass is 10.2. The molecule has 0 aliphatic carbocycles. The molecule has 0 bridgehead atoms. The van der Waals surface area contributed by atoms with E-state index in [1.165, 1.54) is 23.5 Å². The summed E-state index contributed by atoms with van der Waals surface area (Å²) in [6.07, 6.45) is 1.18. The minimum Gasteiger partial charge on any atom is -0.320 e. The Labute approximate surface area is 125 Å². The third-order valence-corrected chi connectivity index (χ3v) is 3.68. The zero-order valence-electron chi connectivity index (χ0n) is 11.4. The maximum atomic E-state index is 11.7. The lowest BCUT2D eigenvalue weighted by Crippen LogP contribution is -2.27. The molecule has 1 aromatic heterocycles. The van der Waals surface area contributed by atoms with Crippen molar-refractivity contribution in [2.45, 2.75) is 12.7 Å². The van der Waals surface area contributed by atoms with Gasteiger partial charge in [0.05, 0.1) is 5.75 Å². The lowest BCUT2D eigenvalue weighted by Gasteiger charge is -2.04. The molecule has 1 aromatic carbocycles. The van der Waals surface area contributed by atoms with E-state index in [0.717, 1.165) is 11.3 Å². The first-order valence-electron chi connectivity index (χ1n) is 6.30. The Morgan fingerprint density at radius 1 is 1.33 bits per heavy atom. The van der Waals surface area contributed by atoms with Crippen molar-refractivity contribution in [3.05, 3.63) is 62.4 Å². The summed E-state index contributed by atoms with van der Waals surface area (Å²) in [6.45, 7) is 2.02. The van der Waals surface area contributed by atoms with Gasteiger partial charge in [0, 0.05) is 11.9 Å². The summed E-state index contributed by atoms with van der Waals surface area (Å²) in [5.74, 6) is 0.661. The number of anilines is 1. The van der Waals surface area contributed by atoms with Crippen LogP contribution in [0.4, 0.5) is 5.69 Å². The molecule has 0 saturated heterocycles. The van der Waals surface area contributed by atoms with Crippen LogP contribution in [0.5, 0.6) is 0 Å². The minimum absolute atomic E-state index is 0.0377. The van der Waals surface area contributed by atoms with Crippen LogP contribution in [0.15, 0.2) is 40.1 Å². The number of benzene rings is 1. The number of hydrogen-bond donors (Lipinski definition) is 3. The van der Waals surface area contributed by atoms with E-state index in [1.807, 2.05) is 30.1 Å². The van der Waals surface area contributed by atoms with Crippen LogP contribution in [0.2, 0.25) is 0 Å². The molecular weight excluding hydrogens is 290 g/mol. The average Bonchev–Trinajstić information content (AvgIpc) is 2.42. The molecule has 0 atom stereocenters. The van der Waals surface area contributed by atoms with Gasteiger partial charge in [-0.25, -0.2) is 4.79 Å². The zero-order chi connectivity index (χ0) is 15.2. The first kappa shape index (κ1) is 15.1. The number of amides is 1. The third kappa shape index (κ3) is 4.64. The van der Waals surface area contributed by atoms with E-state index in [0.29, 0.717) is 0 Å². The molecule has 0 aliphatic heterocycles. The van der Waals surface area contributed by atoms with Crippen LogP contribution in [-0.2, 0) is 10.5 Å². The molecule has 0 radical (unpaired) electrons. The monoisotopic (exact) mass is 305 g/mol. The molecule has 0 aliphatic rings. The quantitative estimate of drug-likeness (QED) is 0.774. The Morgan fingerprint density at radius 3 is 2.86 bits per heavy atom. The predicted molar refractivity (Wildman–Crippen MR) is 83.7 cm³/mol. The Hall–Kier alpha value is -2.28. The van der Waals surface area contributed by atoms with E-state index in [4.69, 9.17) is 0 Å². The minimum atomic E-state index is -0.615. The van der Waals surface area contributed by atoms with E-state index in [-0.39, 0.29) is 17.3 Å². The maximum absolute atomic E-state index is 11.7. The van der Waals surface area contributed by atoms with Crippen LogP contribution < -0.4 is 16.6 Å². The Balaban J connectivity index is 1.85. The Kier molecular flexibility index (Phi) is 4.99. The summed E-state index contributed by atoms with van der Waals surface area (Å²) in [5.41, 5.74) is 1.14. The van der Waals surface area contributed by atoms with Crippen molar-refractivity contribution in [2.24, 2.45) is 0 Å². The highest BCUT2D eigenvalue weighted by molar-refractivity contribution is 7.99. The SMILES string of the molecule is Cc1cccc(CSCC(=O)Nc2c[nH]c(=O)[nH]c2=O)c1. The van der Waals surface area contributed by atoms with Crippen LogP contribution in [0.3, 0.4) is 0 Å². The van der Waals surface area contributed by atoms with Gasteiger partial charge in [-0.2, -0.15) is 0 Å². The number of aromatic nitrogens is 2. The van der Waals surface area contributed by atoms with Gasteiger partial charge in [-0.15, -0.1) is 11.8 Å². The third-order valence-electron chi connectivity index (χ3n) is 2.68. The van der Waals surface area contributed by atoms with Gasteiger partial charge in [0.2, 0.25) is 5.91 Å². The summed E-state index contributed by atoms with van der Waals surface area (Å²) in [6, 6.07) is 8.07. The number of H-pyrrole nitrogens is 2. The molecule has 0 fully saturated rings. The van der Waals surface area contributed by atoms with Gasteiger partial charge in [-0.1, -0.05) is 29.8 Å². The lowest BCUT2D eigenvalue weighted by molar-refractivity contribution is -0.113. The molecule has 0 unspecified atom stereocenters. The fourth-order valence-corrected chi connectivity index (χ4v) is 2.53. The van der Waals surface area contributed by atoms with Crippen molar-refractivity contribution in [2.75, 3.05) is 11.1 Å². The van der Waals surface area contributed by atoms with Crippen molar-refractivity contribution in [3.8, 4) is 0 Å². The second-order valence-corrected chi connectivity index (χ2v) is 5.50. The highest BCUT2D eigenvalue weighted by Crippen LogP contribution is 2.13. The summed E-state index contributed by atoms with van der Waals surface area (Å²) >= 11 is 1.46. The second-order valence-electron chi connectivity index (χ2n) is 4.52. The molecule has 3 N–H and O–H groups in total. The summed E-state index contributed by atoms with van der Waals surface area (Å²) in [7, 11) is 0. The van der Waals surface area contributed by atoms with Crippen molar-refractivity contribution < 1.29 is 4.79 Å². The number of hydrogen-bond acceptors (Lipinski definition) is 4. The number of carbonyl (C=O) groups excluding carboxylic acids is 1. The summed E-state index contributed by atoms with van der Waals surface area (Å²) < 4.78 is 0. The molecule has 2 rings (SSSR count). The van der Waals surface area contributed by atoms with E-state index in [2.05, 4.69) is 16.4 Å². The number of thioether (sulfide) groups is 1. The largest absolute Gasteiger partial charge is 0.325 e. The molecule has 6 nitrogen and oxygen atoms in total. The molecule has 21 heavy (non-hydrogen) atoms. The van der Waals surface area contributed by atoms with Gasteiger partial charge in [0.15, 0.2) is 0 Å². The number of carbonyl (C=O) groups is 1. The first-order chi connectivity index (χ1) is 10.0. The van der Waals surface area contributed by atoms with Crippen molar-refractivity contribution >= 4 is 23.4 Å². The molecule has 2 aromatic rings. The Bertz CT molecular complexity index is 751. The summed E-state index contributed by atoms with van der Waals surface area (Å²) in [5, 5.41) is 2.46. The van der Waals surface area contributed by atoms with E-state index >= 15 is 0 Å². The van der Waals surface area contributed by atoms with Crippen molar-refractivity contribution in [3.63, 3.8) is 0 Å². The number of rotatable bonds is 5. The Morgan fingerprint density at radius 2 is 2.14 bits per heavy atom. The standard InChI is InChI=1S/C14H15N3O3S/c1-9-3-2-4-10(5-9)7-21-8-12(18)16-11-6-15-14(20)17-13(11)19/h2-6H,7-8H2,1H3,(H,16,18)(H2,15,17,19,20). The fourth-order valence-electron chi connectivity index (χ4n) is 1.75. The second kappa shape index (κ2) is 6.94. The average molecular weight is 305 g/mol. The molecule has 1 heterocycles. The van der Waals surface area contributed by atoms with Crippen LogP contribution >= 0.6 is 11.8 Å². The van der Waals surface area contributed by atoms with Gasteiger partial charge < -0.3 is 10.3 Å². The topological polar surface area (TPSA) is 94.8 Å². The molecule has 110 valence electrons. The normalized spacial score (nSPS) is 10.3. The molecule has 0 spiro atoms. The molecule has 1 amide bonds. The number of aromatic amines is 2. The van der Waals surface area contributed by atoms with Gasteiger partial charge in [-0.3, -0.25) is 14.6 Å². The van der Waals surface area contributed by atoms with Gasteiger partial charge in [0.1, 0.15) is 5.69 Å². The van der Waals surface area contributed by atoms with Crippen LogP contribution in [0.1, 0.15) is 11.1 Å². The number of nitrogens with one attached hydrogen (secondary N) is 3. The molecule has 7 heteroatoms. The van der Waals surface area contributed by atoms with Crippen LogP contribution in [-0.4, -0.2) is 21.6 Å². The van der Waals surface area contributed by atoms with Crippen molar-refractivity contribution in [1.82, 2.24) is 9.97 Å². The van der Waals surface area contributed by atoms with E-state index < -0.39 is 11.2 Å².